The maximum atomic E-state index is 5.30. The highest BCUT2D eigenvalue weighted by atomic mass is 32.2. The van der Waals surface area contributed by atoms with E-state index in [4.69, 9.17) is 9.47 Å². The van der Waals surface area contributed by atoms with Crippen LogP contribution in [0.3, 0.4) is 0 Å². The van der Waals surface area contributed by atoms with Gasteiger partial charge in [-0.05, 0) is 36.8 Å². The first kappa shape index (κ1) is 17.2. The quantitative estimate of drug-likeness (QED) is 0.752. The van der Waals surface area contributed by atoms with Crippen LogP contribution in [-0.4, -0.2) is 31.8 Å². The summed E-state index contributed by atoms with van der Waals surface area (Å²) < 4.78 is 10.9. The Morgan fingerprint density at radius 2 is 1.60 bits per heavy atom. The van der Waals surface area contributed by atoms with Crippen molar-refractivity contribution in [3.05, 3.63) is 23.8 Å². The zero-order chi connectivity index (χ0) is 15.0. The predicted molar refractivity (Wildman–Crippen MR) is 88.1 cm³/mol. The molecule has 4 heteroatoms. The van der Waals surface area contributed by atoms with Crippen LogP contribution in [0, 0.1) is 0 Å². The Morgan fingerprint density at radius 1 is 1.05 bits per heavy atom. The van der Waals surface area contributed by atoms with Gasteiger partial charge in [0.1, 0.15) is 11.5 Å². The third kappa shape index (κ3) is 4.60. The lowest BCUT2D eigenvalue weighted by Crippen LogP contribution is -2.36. The van der Waals surface area contributed by atoms with Crippen molar-refractivity contribution in [2.45, 2.75) is 38.0 Å². The highest BCUT2D eigenvalue weighted by Gasteiger charge is 2.23. The fraction of sp³-hybridized carbons (Fsp3) is 0.625. The van der Waals surface area contributed by atoms with Crippen LogP contribution in [-0.2, 0) is 6.54 Å². The van der Waals surface area contributed by atoms with Gasteiger partial charge in [0.05, 0.1) is 14.2 Å². The Kier molecular flexibility index (Phi) is 7.24. The third-order valence-corrected chi connectivity index (χ3v) is 5.50. The van der Waals surface area contributed by atoms with Gasteiger partial charge in [-0.3, -0.25) is 0 Å². The molecule has 0 heterocycles. The fourth-order valence-electron chi connectivity index (χ4n) is 2.26. The van der Waals surface area contributed by atoms with Gasteiger partial charge in [0.15, 0.2) is 0 Å². The monoisotopic (exact) mass is 297 g/mol. The van der Waals surface area contributed by atoms with Crippen LogP contribution in [0.15, 0.2) is 18.2 Å². The zero-order valence-corrected chi connectivity index (χ0v) is 14.1. The molecule has 114 valence electrons. The van der Waals surface area contributed by atoms with Crippen LogP contribution >= 0.6 is 11.8 Å². The molecule has 0 aromatic heterocycles. The topological polar surface area (TPSA) is 30.5 Å². The van der Waals surface area contributed by atoms with Crippen LogP contribution in [0.4, 0.5) is 0 Å². The molecule has 1 rings (SSSR count). The summed E-state index contributed by atoms with van der Waals surface area (Å²) in [6.07, 6.45) is 4.56. The predicted octanol–water partition coefficient (Wildman–Crippen LogP) is 3.72. The molecule has 0 amide bonds. The molecule has 1 aromatic rings. The molecular formula is C16H27NO2S. The third-order valence-electron chi connectivity index (χ3n) is 3.91. The molecule has 0 aliphatic heterocycles. The Balaban J connectivity index is 2.65. The van der Waals surface area contributed by atoms with Crippen molar-refractivity contribution in [1.29, 1.82) is 0 Å². The van der Waals surface area contributed by atoms with Crippen molar-refractivity contribution in [3.8, 4) is 11.5 Å². The van der Waals surface area contributed by atoms with Crippen molar-refractivity contribution in [2.24, 2.45) is 0 Å². The van der Waals surface area contributed by atoms with Crippen molar-refractivity contribution >= 4 is 11.8 Å². The highest BCUT2D eigenvalue weighted by molar-refractivity contribution is 8.00. The van der Waals surface area contributed by atoms with E-state index < -0.39 is 0 Å². The first-order chi connectivity index (χ1) is 9.62. The van der Waals surface area contributed by atoms with E-state index >= 15 is 0 Å². The Morgan fingerprint density at radius 3 is 2.00 bits per heavy atom. The number of rotatable bonds is 9. The highest BCUT2D eigenvalue weighted by Crippen LogP contribution is 2.29. The average Bonchev–Trinajstić information content (AvgIpc) is 2.51. The van der Waals surface area contributed by atoms with Gasteiger partial charge in [-0.15, -0.1) is 0 Å². The van der Waals surface area contributed by atoms with Crippen molar-refractivity contribution in [1.82, 2.24) is 5.32 Å². The minimum atomic E-state index is 0.336. The molecular weight excluding hydrogens is 270 g/mol. The van der Waals surface area contributed by atoms with Gasteiger partial charge in [0.2, 0.25) is 0 Å². The van der Waals surface area contributed by atoms with Gasteiger partial charge in [-0.1, -0.05) is 13.8 Å². The molecule has 0 bridgehead atoms. The van der Waals surface area contributed by atoms with E-state index in [-0.39, 0.29) is 0 Å². The van der Waals surface area contributed by atoms with Crippen molar-refractivity contribution in [3.63, 3.8) is 0 Å². The summed E-state index contributed by atoms with van der Waals surface area (Å²) in [6, 6.07) is 6.00. The average molecular weight is 297 g/mol. The number of thioether (sulfide) groups is 1. The number of benzene rings is 1. The lowest BCUT2D eigenvalue weighted by molar-refractivity contribution is 0.393. The van der Waals surface area contributed by atoms with Crippen molar-refractivity contribution < 1.29 is 9.47 Å². The summed E-state index contributed by atoms with van der Waals surface area (Å²) in [7, 11) is 3.36. The lowest BCUT2D eigenvalue weighted by atomic mass is 10.0. The van der Waals surface area contributed by atoms with E-state index in [1.54, 1.807) is 14.2 Å². The van der Waals surface area contributed by atoms with Crippen LogP contribution in [0.5, 0.6) is 11.5 Å². The molecule has 0 saturated carbocycles. The molecule has 1 aromatic carbocycles. The summed E-state index contributed by atoms with van der Waals surface area (Å²) in [6.45, 7) is 6.36. The second-order valence-electron chi connectivity index (χ2n) is 4.92. The molecule has 0 aliphatic carbocycles. The first-order valence-electron chi connectivity index (χ1n) is 7.10. The van der Waals surface area contributed by atoms with Crippen LogP contribution < -0.4 is 14.8 Å². The number of ether oxygens (including phenoxy) is 2. The smallest absolute Gasteiger partial charge is 0.122 e. The molecule has 1 N–H and O–H groups in total. The fourth-order valence-corrected chi connectivity index (χ4v) is 3.09. The van der Waals surface area contributed by atoms with Gasteiger partial charge in [-0.25, -0.2) is 0 Å². The Bertz CT molecular complexity index is 375. The van der Waals surface area contributed by atoms with Crippen LogP contribution in [0.25, 0.3) is 0 Å². The SMILES string of the molecule is CCC(CC)(CNCc1cc(OC)cc(OC)c1)SC. The Hall–Kier alpha value is -0.870. The first-order valence-corrected chi connectivity index (χ1v) is 8.33. The molecule has 0 aliphatic rings. The summed E-state index contributed by atoms with van der Waals surface area (Å²) in [5.41, 5.74) is 1.18. The van der Waals surface area contributed by atoms with Gasteiger partial charge in [-0.2, -0.15) is 11.8 Å². The van der Waals surface area contributed by atoms with E-state index in [2.05, 4.69) is 25.4 Å². The molecule has 0 radical (unpaired) electrons. The maximum Gasteiger partial charge on any atom is 0.122 e. The van der Waals surface area contributed by atoms with Gasteiger partial charge in [0, 0.05) is 23.9 Å². The van der Waals surface area contributed by atoms with Gasteiger partial charge in [0.25, 0.3) is 0 Å². The summed E-state index contributed by atoms with van der Waals surface area (Å²) in [5.74, 6) is 1.67. The van der Waals surface area contributed by atoms with E-state index in [1.807, 2.05) is 30.0 Å². The molecule has 0 spiro atoms. The van der Waals surface area contributed by atoms with E-state index in [0.29, 0.717) is 4.75 Å². The summed E-state index contributed by atoms with van der Waals surface area (Å²) in [5, 5.41) is 3.57. The molecule has 0 fully saturated rings. The largest absolute Gasteiger partial charge is 0.497 e. The van der Waals surface area contributed by atoms with E-state index in [9.17, 15) is 0 Å². The molecule has 0 saturated heterocycles. The number of hydrogen-bond acceptors (Lipinski definition) is 4. The maximum absolute atomic E-state index is 5.30. The van der Waals surface area contributed by atoms with E-state index in [0.717, 1.165) is 24.6 Å². The molecule has 0 unspecified atom stereocenters. The number of nitrogens with one attached hydrogen (secondary N) is 1. The minimum Gasteiger partial charge on any atom is -0.497 e. The summed E-state index contributed by atoms with van der Waals surface area (Å²) in [4.78, 5) is 0. The normalized spacial score (nSPS) is 11.4. The molecule has 3 nitrogen and oxygen atoms in total. The lowest BCUT2D eigenvalue weighted by Gasteiger charge is -2.30. The van der Waals surface area contributed by atoms with E-state index in [1.165, 1.54) is 18.4 Å². The van der Waals surface area contributed by atoms with Crippen LogP contribution in [0.2, 0.25) is 0 Å². The molecule has 20 heavy (non-hydrogen) atoms. The molecule has 0 atom stereocenters. The summed E-state index contributed by atoms with van der Waals surface area (Å²) >= 11 is 1.96. The second-order valence-corrected chi connectivity index (χ2v) is 6.19. The van der Waals surface area contributed by atoms with Crippen LogP contribution in [0.1, 0.15) is 32.3 Å². The standard InChI is InChI=1S/C16H27NO2S/c1-6-16(7-2,20-5)12-17-11-13-8-14(18-3)10-15(9-13)19-4/h8-10,17H,6-7,11-12H2,1-5H3. The Labute approximate surface area is 127 Å². The zero-order valence-electron chi connectivity index (χ0n) is 13.3. The number of methoxy groups -OCH3 is 2. The van der Waals surface area contributed by atoms with Gasteiger partial charge < -0.3 is 14.8 Å². The van der Waals surface area contributed by atoms with Gasteiger partial charge >= 0.3 is 0 Å². The second kappa shape index (κ2) is 8.42. The van der Waals surface area contributed by atoms with Crippen molar-refractivity contribution in [2.75, 3.05) is 27.0 Å². The number of hydrogen-bond donors (Lipinski definition) is 1. The minimum absolute atomic E-state index is 0.336.